The van der Waals surface area contributed by atoms with Gasteiger partial charge in [-0.1, -0.05) is 24.3 Å². The minimum atomic E-state index is -0.273. The average Bonchev–Trinajstić information content (AvgIpc) is 2.92. The van der Waals surface area contributed by atoms with Gasteiger partial charge in [0.25, 0.3) is 11.8 Å². The Morgan fingerprint density at radius 1 is 0.917 bits per heavy atom. The largest absolute Gasteiger partial charge is 0.347 e. The molecule has 0 unspecified atom stereocenters. The highest BCUT2D eigenvalue weighted by atomic mass is 16.2. The van der Waals surface area contributed by atoms with Crippen molar-refractivity contribution in [3.05, 3.63) is 113 Å². The number of pyridine rings is 2. The third-order valence-electron chi connectivity index (χ3n) is 6.32. The lowest BCUT2D eigenvalue weighted by Gasteiger charge is -2.25. The zero-order chi connectivity index (χ0) is 24.9. The molecule has 0 spiro atoms. The van der Waals surface area contributed by atoms with Crippen LogP contribution in [0.2, 0.25) is 0 Å². The van der Waals surface area contributed by atoms with Crippen LogP contribution in [0.25, 0.3) is 11.1 Å². The van der Waals surface area contributed by atoms with Crippen LogP contribution in [0, 0.1) is 0 Å². The Bertz CT molecular complexity index is 1390. The van der Waals surface area contributed by atoms with Crippen LogP contribution in [-0.4, -0.2) is 40.3 Å². The van der Waals surface area contributed by atoms with E-state index in [2.05, 4.69) is 44.7 Å². The molecule has 180 valence electrons. The monoisotopic (exact) mass is 477 g/mol. The molecule has 1 aliphatic rings. The molecule has 36 heavy (non-hydrogen) atoms. The minimum Gasteiger partial charge on any atom is -0.347 e. The highest BCUT2D eigenvalue weighted by Gasteiger charge is 2.15. The summed E-state index contributed by atoms with van der Waals surface area (Å²) in [4.78, 5) is 36.1. The lowest BCUT2D eigenvalue weighted by molar-refractivity contribution is 0.0945. The van der Waals surface area contributed by atoms with Crippen LogP contribution in [0.4, 0.5) is 5.69 Å². The third kappa shape index (κ3) is 5.47. The van der Waals surface area contributed by atoms with Gasteiger partial charge in [0.15, 0.2) is 0 Å². The van der Waals surface area contributed by atoms with Crippen LogP contribution in [-0.2, 0) is 19.5 Å². The molecule has 0 aliphatic carbocycles. The van der Waals surface area contributed by atoms with Gasteiger partial charge in [-0.2, -0.15) is 0 Å². The fourth-order valence-electron chi connectivity index (χ4n) is 4.32. The van der Waals surface area contributed by atoms with Crippen LogP contribution >= 0.6 is 0 Å². The lowest BCUT2D eigenvalue weighted by Crippen LogP contribution is -2.26. The number of nitrogens with zero attached hydrogens (tertiary/aromatic N) is 3. The molecule has 0 radical (unpaired) electrons. The first-order chi connectivity index (χ1) is 17.5. The van der Waals surface area contributed by atoms with Crippen molar-refractivity contribution in [3.8, 4) is 11.1 Å². The number of amides is 2. The van der Waals surface area contributed by atoms with Gasteiger partial charge < -0.3 is 15.5 Å². The van der Waals surface area contributed by atoms with E-state index in [1.807, 2.05) is 36.4 Å². The van der Waals surface area contributed by atoms with Crippen molar-refractivity contribution in [1.29, 1.82) is 0 Å². The molecule has 3 heterocycles. The van der Waals surface area contributed by atoms with Crippen molar-refractivity contribution in [2.75, 3.05) is 18.9 Å². The lowest BCUT2D eigenvalue weighted by atomic mass is 9.99. The SMILES string of the molecule is CN1CCc2ccc(NC(=O)c3cccc(CNC(=O)c4ccc(-c5ccncc5)cn4)c3)cc2C1. The molecule has 5 rings (SSSR count). The van der Waals surface area contributed by atoms with Gasteiger partial charge in [0.2, 0.25) is 0 Å². The number of carbonyl (C=O) groups excluding carboxylic acids is 2. The summed E-state index contributed by atoms with van der Waals surface area (Å²) in [6.45, 7) is 2.23. The standard InChI is InChI=1S/C29H27N5O2/c1-34-14-11-21-5-7-26(16-25(21)19-34)33-28(35)23-4-2-3-20(15-23)17-32-29(36)27-8-6-24(18-31-27)22-9-12-30-13-10-22/h2-10,12-13,15-16,18H,11,14,17,19H2,1H3,(H,32,36)(H,33,35). The fourth-order valence-corrected chi connectivity index (χ4v) is 4.32. The van der Waals surface area contributed by atoms with Gasteiger partial charge in [-0.25, -0.2) is 0 Å². The van der Waals surface area contributed by atoms with E-state index in [0.29, 0.717) is 17.8 Å². The third-order valence-corrected chi connectivity index (χ3v) is 6.32. The molecule has 2 aromatic carbocycles. The van der Waals surface area contributed by atoms with Crippen molar-refractivity contribution in [2.45, 2.75) is 19.5 Å². The maximum absolute atomic E-state index is 12.9. The summed E-state index contributed by atoms with van der Waals surface area (Å²) in [7, 11) is 2.10. The summed E-state index contributed by atoms with van der Waals surface area (Å²) in [6.07, 6.45) is 6.14. The molecule has 0 saturated heterocycles. The van der Waals surface area contributed by atoms with Gasteiger partial charge in [-0.3, -0.25) is 19.6 Å². The van der Waals surface area contributed by atoms with E-state index in [1.54, 1.807) is 36.8 Å². The maximum atomic E-state index is 12.9. The maximum Gasteiger partial charge on any atom is 0.270 e. The number of likely N-dealkylation sites (N-methyl/N-ethyl adjacent to an activating group) is 1. The smallest absolute Gasteiger partial charge is 0.270 e. The molecule has 2 amide bonds. The van der Waals surface area contributed by atoms with E-state index in [1.165, 1.54) is 11.1 Å². The van der Waals surface area contributed by atoms with Crippen molar-refractivity contribution < 1.29 is 9.59 Å². The van der Waals surface area contributed by atoms with Crippen LogP contribution in [0.3, 0.4) is 0 Å². The molecule has 1 aliphatic heterocycles. The van der Waals surface area contributed by atoms with E-state index in [9.17, 15) is 9.59 Å². The number of rotatable bonds is 6. The minimum absolute atomic E-state index is 0.180. The number of nitrogens with one attached hydrogen (secondary N) is 2. The second kappa shape index (κ2) is 10.5. The molecular weight excluding hydrogens is 450 g/mol. The highest BCUT2D eigenvalue weighted by Crippen LogP contribution is 2.22. The Kier molecular flexibility index (Phi) is 6.82. The molecule has 0 fully saturated rings. The number of anilines is 1. The molecule has 4 aromatic rings. The first-order valence-corrected chi connectivity index (χ1v) is 11.9. The Morgan fingerprint density at radius 2 is 1.78 bits per heavy atom. The van der Waals surface area contributed by atoms with E-state index >= 15 is 0 Å². The molecule has 2 aromatic heterocycles. The molecule has 0 bridgehead atoms. The number of aromatic nitrogens is 2. The topological polar surface area (TPSA) is 87.2 Å². The zero-order valence-electron chi connectivity index (χ0n) is 20.1. The van der Waals surface area contributed by atoms with Crippen molar-refractivity contribution >= 4 is 17.5 Å². The zero-order valence-corrected chi connectivity index (χ0v) is 20.1. The van der Waals surface area contributed by atoms with Crippen LogP contribution in [0.15, 0.2) is 85.3 Å². The summed E-state index contributed by atoms with van der Waals surface area (Å²) in [5, 5.41) is 5.88. The highest BCUT2D eigenvalue weighted by molar-refractivity contribution is 6.04. The second-order valence-corrected chi connectivity index (χ2v) is 8.98. The number of hydrogen-bond acceptors (Lipinski definition) is 5. The van der Waals surface area contributed by atoms with Gasteiger partial charge in [-0.05, 0) is 78.2 Å². The van der Waals surface area contributed by atoms with Crippen LogP contribution in [0.1, 0.15) is 37.5 Å². The van der Waals surface area contributed by atoms with Crippen LogP contribution < -0.4 is 10.6 Å². The molecule has 0 saturated carbocycles. The Hall–Kier alpha value is -4.36. The Morgan fingerprint density at radius 3 is 2.58 bits per heavy atom. The van der Waals surface area contributed by atoms with E-state index < -0.39 is 0 Å². The van der Waals surface area contributed by atoms with E-state index in [4.69, 9.17) is 0 Å². The van der Waals surface area contributed by atoms with Gasteiger partial charge in [0.05, 0.1) is 0 Å². The number of hydrogen-bond donors (Lipinski definition) is 2. The molecular formula is C29H27N5O2. The summed E-state index contributed by atoms with van der Waals surface area (Å²) in [6, 6.07) is 20.7. The van der Waals surface area contributed by atoms with Gasteiger partial charge in [0.1, 0.15) is 5.69 Å². The molecule has 2 N–H and O–H groups in total. The summed E-state index contributed by atoms with van der Waals surface area (Å²) in [5.41, 5.74) is 6.98. The van der Waals surface area contributed by atoms with E-state index in [-0.39, 0.29) is 11.8 Å². The predicted molar refractivity (Wildman–Crippen MR) is 140 cm³/mol. The number of benzene rings is 2. The predicted octanol–water partition coefficient (Wildman–Crippen LogP) is 4.31. The van der Waals surface area contributed by atoms with E-state index in [0.717, 1.165) is 41.9 Å². The first kappa shape index (κ1) is 23.4. The number of fused-ring (bicyclic) bond motifs is 1. The van der Waals surface area contributed by atoms with Crippen molar-refractivity contribution in [2.24, 2.45) is 0 Å². The molecule has 7 nitrogen and oxygen atoms in total. The number of carbonyl (C=O) groups is 2. The second-order valence-electron chi connectivity index (χ2n) is 8.98. The Labute approximate surface area is 210 Å². The quantitative estimate of drug-likeness (QED) is 0.432. The van der Waals surface area contributed by atoms with Crippen LogP contribution in [0.5, 0.6) is 0 Å². The summed E-state index contributed by atoms with van der Waals surface area (Å²) in [5.74, 6) is -0.453. The van der Waals surface area contributed by atoms with Gasteiger partial charge >= 0.3 is 0 Å². The molecule has 7 heteroatoms. The normalized spacial score (nSPS) is 13.0. The summed E-state index contributed by atoms with van der Waals surface area (Å²) < 4.78 is 0. The first-order valence-electron chi connectivity index (χ1n) is 11.9. The Balaban J connectivity index is 1.20. The van der Waals surface area contributed by atoms with Crippen molar-refractivity contribution in [1.82, 2.24) is 20.2 Å². The fraction of sp³-hybridized carbons (Fsp3) is 0.172. The van der Waals surface area contributed by atoms with Gasteiger partial charge in [0, 0.05) is 55.0 Å². The summed E-state index contributed by atoms with van der Waals surface area (Å²) >= 11 is 0. The van der Waals surface area contributed by atoms with Crippen molar-refractivity contribution in [3.63, 3.8) is 0 Å². The van der Waals surface area contributed by atoms with Gasteiger partial charge in [-0.15, -0.1) is 0 Å². The molecule has 0 atom stereocenters. The average molecular weight is 478 g/mol.